The van der Waals surface area contributed by atoms with Crippen molar-refractivity contribution < 1.29 is 19.9 Å². The molecule has 3 N–H and O–H groups in total. The first-order valence-corrected chi connectivity index (χ1v) is 4.92. The smallest absolute Gasteiger partial charge is 0.326 e. The van der Waals surface area contributed by atoms with E-state index in [0.717, 1.165) is 6.07 Å². The van der Waals surface area contributed by atoms with Crippen LogP contribution < -0.4 is 5.32 Å². The van der Waals surface area contributed by atoms with Crippen molar-refractivity contribution in [2.24, 2.45) is 0 Å². The molecule has 0 bridgehead atoms. The van der Waals surface area contributed by atoms with Crippen LogP contribution in [0.3, 0.4) is 0 Å². The van der Waals surface area contributed by atoms with Gasteiger partial charge in [-0.25, -0.2) is 4.79 Å². The number of anilines is 1. The van der Waals surface area contributed by atoms with E-state index in [2.05, 4.69) is 5.32 Å². The highest BCUT2D eigenvalue weighted by Crippen LogP contribution is 2.29. The second-order valence-corrected chi connectivity index (χ2v) is 3.40. The van der Waals surface area contributed by atoms with Crippen LogP contribution in [0, 0.1) is 10.1 Å². The number of nitro benzene ring substituents is 1. The summed E-state index contributed by atoms with van der Waals surface area (Å²) in [7, 11) is 0. The molecule has 0 fully saturated rings. The summed E-state index contributed by atoms with van der Waals surface area (Å²) in [5, 5.41) is 31.2. The zero-order chi connectivity index (χ0) is 13.0. The maximum absolute atomic E-state index is 10.8. The third-order valence-corrected chi connectivity index (χ3v) is 2.21. The first kappa shape index (κ1) is 12.8. The van der Waals surface area contributed by atoms with E-state index in [1.165, 1.54) is 12.1 Å². The number of phenols is 1. The molecule has 0 aliphatic rings. The first-order valence-electron chi connectivity index (χ1n) is 4.92. The summed E-state index contributed by atoms with van der Waals surface area (Å²) in [5.41, 5.74) is -0.285. The number of rotatable bonds is 5. The molecule has 1 rings (SSSR count). The normalized spacial score (nSPS) is 11.8. The topological polar surface area (TPSA) is 113 Å². The second-order valence-electron chi connectivity index (χ2n) is 3.40. The average Bonchev–Trinajstić information content (AvgIpc) is 2.26. The number of carboxylic acids is 1. The van der Waals surface area contributed by atoms with E-state index >= 15 is 0 Å². The monoisotopic (exact) mass is 240 g/mol. The fourth-order valence-electron chi connectivity index (χ4n) is 1.32. The minimum atomic E-state index is -1.09. The van der Waals surface area contributed by atoms with Crippen molar-refractivity contribution in [2.75, 3.05) is 5.32 Å². The Morgan fingerprint density at radius 3 is 2.71 bits per heavy atom. The van der Waals surface area contributed by atoms with Gasteiger partial charge in [-0.15, -0.1) is 0 Å². The zero-order valence-electron chi connectivity index (χ0n) is 9.08. The van der Waals surface area contributed by atoms with Gasteiger partial charge in [0.2, 0.25) is 0 Å². The van der Waals surface area contributed by atoms with Crippen LogP contribution >= 0.6 is 0 Å². The third-order valence-electron chi connectivity index (χ3n) is 2.21. The molecule has 0 radical (unpaired) electrons. The van der Waals surface area contributed by atoms with Crippen molar-refractivity contribution >= 4 is 17.3 Å². The Morgan fingerprint density at radius 2 is 2.24 bits per heavy atom. The van der Waals surface area contributed by atoms with Gasteiger partial charge >= 0.3 is 5.97 Å². The van der Waals surface area contributed by atoms with Crippen molar-refractivity contribution in [3.63, 3.8) is 0 Å². The second kappa shape index (κ2) is 5.15. The van der Waals surface area contributed by atoms with Crippen LogP contribution in [0.25, 0.3) is 0 Å². The van der Waals surface area contributed by atoms with Gasteiger partial charge in [-0.1, -0.05) is 6.92 Å². The predicted molar refractivity (Wildman–Crippen MR) is 60.1 cm³/mol. The van der Waals surface area contributed by atoms with Gasteiger partial charge in [0, 0.05) is 0 Å². The molecule has 1 unspecified atom stereocenters. The molecule has 0 spiro atoms. The lowest BCUT2D eigenvalue weighted by atomic mass is 10.2. The molecule has 0 saturated heterocycles. The molecule has 0 heterocycles. The molecule has 1 aromatic carbocycles. The molecule has 0 aromatic heterocycles. The summed E-state index contributed by atoms with van der Waals surface area (Å²) < 4.78 is 0. The number of carboxylic acid groups (broad SMARTS) is 1. The van der Waals surface area contributed by atoms with Crippen LogP contribution in [0.1, 0.15) is 13.3 Å². The fraction of sp³-hybridized carbons (Fsp3) is 0.300. The quantitative estimate of drug-likeness (QED) is 0.409. The van der Waals surface area contributed by atoms with Gasteiger partial charge in [-0.3, -0.25) is 10.1 Å². The Balaban J connectivity index is 3.05. The number of carbonyl (C=O) groups is 1. The van der Waals surface area contributed by atoms with Gasteiger partial charge in [0.05, 0.1) is 11.0 Å². The molecule has 7 heteroatoms. The predicted octanol–water partition coefficient (Wildman–Crippen LogP) is 1.58. The van der Waals surface area contributed by atoms with E-state index in [1.54, 1.807) is 6.92 Å². The number of nitrogens with zero attached hydrogens (tertiary/aromatic N) is 1. The van der Waals surface area contributed by atoms with Gasteiger partial charge in [0.15, 0.2) is 0 Å². The molecule has 1 atom stereocenters. The number of phenolic OH excluding ortho intramolecular Hbond substituents is 1. The van der Waals surface area contributed by atoms with Crippen LogP contribution in [0.15, 0.2) is 18.2 Å². The van der Waals surface area contributed by atoms with E-state index in [9.17, 15) is 14.9 Å². The molecule has 7 nitrogen and oxygen atoms in total. The molecule has 0 saturated carbocycles. The fourth-order valence-corrected chi connectivity index (χ4v) is 1.32. The van der Waals surface area contributed by atoms with Crippen molar-refractivity contribution in [1.29, 1.82) is 0 Å². The van der Waals surface area contributed by atoms with E-state index in [4.69, 9.17) is 10.2 Å². The number of nitrogens with one attached hydrogen (secondary N) is 1. The Kier molecular flexibility index (Phi) is 3.86. The van der Waals surface area contributed by atoms with Crippen LogP contribution in [-0.2, 0) is 4.79 Å². The molecule has 92 valence electrons. The summed E-state index contributed by atoms with van der Waals surface area (Å²) in [6, 6.07) is 2.60. The minimum Gasteiger partial charge on any atom is -0.508 e. The van der Waals surface area contributed by atoms with Crippen molar-refractivity contribution in [2.45, 2.75) is 19.4 Å². The number of benzene rings is 1. The maximum Gasteiger partial charge on any atom is 0.326 e. The largest absolute Gasteiger partial charge is 0.508 e. The van der Waals surface area contributed by atoms with Gasteiger partial charge < -0.3 is 15.5 Å². The van der Waals surface area contributed by atoms with E-state index in [1.807, 2.05) is 0 Å². The number of aromatic hydroxyl groups is 1. The van der Waals surface area contributed by atoms with Gasteiger partial charge in [0.1, 0.15) is 17.5 Å². The Morgan fingerprint density at radius 1 is 1.59 bits per heavy atom. The van der Waals surface area contributed by atoms with Gasteiger partial charge in [-0.05, 0) is 18.6 Å². The summed E-state index contributed by atoms with van der Waals surface area (Å²) >= 11 is 0. The summed E-state index contributed by atoms with van der Waals surface area (Å²) in [6.45, 7) is 1.65. The number of hydrogen-bond donors (Lipinski definition) is 3. The summed E-state index contributed by atoms with van der Waals surface area (Å²) in [5.74, 6) is -1.33. The highest BCUT2D eigenvalue weighted by Gasteiger charge is 2.20. The Labute approximate surface area is 96.8 Å². The number of nitro groups is 1. The molecule has 0 aliphatic carbocycles. The van der Waals surface area contributed by atoms with E-state index in [0.29, 0.717) is 0 Å². The van der Waals surface area contributed by atoms with Gasteiger partial charge in [0.25, 0.3) is 5.69 Å². The van der Waals surface area contributed by atoms with Crippen LogP contribution in [0.2, 0.25) is 0 Å². The molecular weight excluding hydrogens is 228 g/mol. The maximum atomic E-state index is 10.8. The van der Waals surface area contributed by atoms with Crippen LogP contribution in [0.5, 0.6) is 5.75 Å². The Bertz CT molecular complexity index is 446. The lowest BCUT2D eigenvalue weighted by Crippen LogP contribution is -2.28. The average molecular weight is 240 g/mol. The number of hydrogen-bond acceptors (Lipinski definition) is 5. The van der Waals surface area contributed by atoms with Crippen molar-refractivity contribution in [1.82, 2.24) is 0 Å². The molecular formula is C10H12N2O5. The summed E-state index contributed by atoms with van der Waals surface area (Å²) in [6.07, 6.45) is 0.285. The SMILES string of the molecule is CCC(Nc1ccc(O)cc1[N+](=O)[O-])C(=O)O. The highest BCUT2D eigenvalue weighted by molar-refractivity contribution is 5.79. The van der Waals surface area contributed by atoms with Crippen LogP contribution in [-0.4, -0.2) is 27.1 Å². The Hall–Kier alpha value is -2.31. The minimum absolute atomic E-state index is 0.0713. The van der Waals surface area contributed by atoms with Crippen molar-refractivity contribution in [3.8, 4) is 5.75 Å². The zero-order valence-corrected chi connectivity index (χ0v) is 9.08. The van der Waals surface area contributed by atoms with E-state index in [-0.39, 0.29) is 23.5 Å². The standard InChI is InChI=1S/C10H12N2O5/c1-2-7(10(14)15)11-8-4-3-6(13)5-9(8)12(16)17/h3-5,7,11,13H,2H2,1H3,(H,14,15). The lowest BCUT2D eigenvalue weighted by Gasteiger charge is -2.13. The highest BCUT2D eigenvalue weighted by atomic mass is 16.6. The molecule has 1 aromatic rings. The van der Waals surface area contributed by atoms with E-state index < -0.39 is 16.9 Å². The number of aliphatic carboxylic acids is 1. The molecule has 17 heavy (non-hydrogen) atoms. The lowest BCUT2D eigenvalue weighted by molar-refractivity contribution is -0.384. The molecule has 0 aliphatic heterocycles. The summed E-state index contributed by atoms with van der Waals surface area (Å²) in [4.78, 5) is 20.8. The third kappa shape index (κ3) is 3.07. The first-order chi connectivity index (χ1) is 7.95. The van der Waals surface area contributed by atoms with Crippen LogP contribution in [0.4, 0.5) is 11.4 Å². The van der Waals surface area contributed by atoms with Gasteiger partial charge in [-0.2, -0.15) is 0 Å². The molecule has 0 amide bonds. The van der Waals surface area contributed by atoms with Crippen molar-refractivity contribution in [3.05, 3.63) is 28.3 Å².